The summed E-state index contributed by atoms with van der Waals surface area (Å²) in [6.07, 6.45) is 0. The van der Waals surface area contributed by atoms with Gasteiger partial charge < -0.3 is 20.8 Å². The van der Waals surface area contributed by atoms with Crippen LogP contribution in [0.15, 0.2) is 12.1 Å². The summed E-state index contributed by atoms with van der Waals surface area (Å²) >= 11 is 0. The van der Waals surface area contributed by atoms with E-state index in [1.54, 1.807) is 0 Å². The van der Waals surface area contributed by atoms with E-state index in [9.17, 15) is 10.2 Å². The number of aromatic hydroxyl groups is 2. The van der Waals surface area contributed by atoms with Gasteiger partial charge in [-0.05, 0) is 6.07 Å². The standard InChI is InChI=1S/C16H26N4O2/c21-15-10-16(22)14(12-20-7-3-18-4-8-20)9-13(15)11-19-5-1-17-2-6-19/h9-10,17-18,21-22H,1-8,11-12H2. The van der Waals surface area contributed by atoms with E-state index in [4.69, 9.17) is 0 Å². The van der Waals surface area contributed by atoms with Gasteiger partial charge in [-0.25, -0.2) is 0 Å². The fraction of sp³-hybridized carbons (Fsp3) is 0.625. The van der Waals surface area contributed by atoms with Crippen LogP contribution in [0.1, 0.15) is 11.1 Å². The number of rotatable bonds is 4. The number of hydrogen-bond acceptors (Lipinski definition) is 6. The van der Waals surface area contributed by atoms with E-state index < -0.39 is 0 Å². The van der Waals surface area contributed by atoms with Gasteiger partial charge in [-0.2, -0.15) is 0 Å². The summed E-state index contributed by atoms with van der Waals surface area (Å²) in [5.41, 5.74) is 1.81. The van der Waals surface area contributed by atoms with Crippen molar-refractivity contribution in [1.82, 2.24) is 20.4 Å². The number of hydrogen-bond donors (Lipinski definition) is 4. The van der Waals surface area contributed by atoms with Crippen molar-refractivity contribution in [2.24, 2.45) is 0 Å². The second kappa shape index (κ2) is 7.28. The zero-order valence-electron chi connectivity index (χ0n) is 13.0. The molecule has 0 radical (unpaired) electrons. The summed E-state index contributed by atoms with van der Waals surface area (Å²) in [6, 6.07) is 3.46. The van der Waals surface area contributed by atoms with Gasteiger partial charge in [-0.1, -0.05) is 0 Å². The highest BCUT2D eigenvalue weighted by molar-refractivity contribution is 5.45. The van der Waals surface area contributed by atoms with Crippen molar-refractivity contribution in [3.8, 4) is 11.5 Å². The fourth-order valence-electron chi connectivity index (χ4n) is 3.15. The second-order valence-corrected chi connectivity index (χ2v) is 6.16. The van der Waals surface area contributed by atoms with Crippen molar-refractivity contribution in [1.29, 1.82) is 0 Å². The quantitative estimate of drug-likeness (QED) is 0.623. The van der Waals surface area contributed by atoms with Crippen LogP contribution >= 0.6 is 0 Å². The first-order chi connectivity index (χ1) is 10.7. The molecule has 2 fully saturated rings. The average molecular weight is 306 g/mol. The molecule has 0 amide bonds. The maximum absolute atomic E-state index is 10.1. The second-order valence-electron chi connectivity index (χ2n) is 6.16. The molecule has 1 aromatic carbocycles. The summed E-state index contributed by atoms with van der Waals surface area (Å²) in [5.74, 6) is 0.389. The van der Waals surface area contributed by atoms with Gasteiger partial charge >= 0.3 is 0 Å². The van der Waals surface area contributed by atoms with Crippen LogP contribution in [0.3, 0.4) is 0 Å². The predicted octanol–water partition coefficient (Wildman–Crippen LogP) is -0.0918. The first kappa shape index (κ1) is 15.6. The van der Waals surface area contributed by atoms with E-state index in [0.717, 1.165) is 76.6 Å². The fourth-order valence-corrected chi connectivity index (χ4v) is 3.15. The molecule has 0 bridgehead atoms. The normalized spacial score (nSPS) is 21.1. The summed E-state index contributed by atoms with van der Waals surface area (Å²) in [4.78, 5) is 4.66. The Hall–Kier alpha value is -1.34. The molecule has 22 heavy (non-hydrogen) atoms. The number of phenolic OH excluding ortho intramolecular Hbond substituents is 2. The molecule has 0 unspecified atom stereocenters. The van der Waals surface area contributed by atoms with Crippen LogP contribution in [-0.2, 0) is 13.1 Å². The Balaban J connectivity index is 1.70. The molecule has 6 nitrogen and oxygen atoms in total. The van der Waals surface area contributed by atoms with Crippen molar-refractivity contribution in [3.63, 3.8) is 0 Å². The monoisotopic (exact) mass is 306 g/mol. The summed E-state index contributed by atoms with van der Waals surface area (Å²) < 4.78 is 0. The lowest BCUT2D eigenvalue weighted by Crippen LogP contribution is -2.43. The highest BCUT2D eigenvalue weighted by Gasteiger charge is 2.17. The van der Waals surface area contributed by atoms with Gasteiger partial charge in [0.05, 0.1) is 0 Å². The molecular formula is C16H26N4O2. The largest absolute Gasteiger partial charge is 0.507 e. The minimum absolute atomic E-state index is 0.195. The maximum atomic E-state index is 10.1. The first-order valence-electron chi connectivity index (χ1n) is 8.12. The van der Waals surface area contributed by atoms with Crippen LogP contribution in [0.2, 0.25) is 0 Å². The van der Waals surface area contributed by atoms with Crippen LogP contribution in [0.4, 0.5) is 0 Å². The van der Waals surface area contributed by atoms with Crippen molar-refractivity contribution < 1.29 is 10.2 Å². The van der Waals surface area contributed by atoms with Gasteiger partial charge in [-0.3, -0.25) is 9.80 Å². The van der Waals surface area contributed by atoms with E-state index in [2.05, 4.69) is 20.4 Å². The van der Waals surface area contributed by atoms with Crippen LogP contribution < -0.4 is 10.6 Å². The van der Waals surface area contributed by atoms with Gasteiger partial charge in [0.25, 0.3) is 0 Å². The molecule has 1 aromatic rings. The molecule has 2 aliphatic rings. The Morgan fingerprint density at radius 1 is 0.727 bits per heavy atom. The zero-order valence-corrected chi connectivity index (χ0v) is 13.0. The number of nitrogens with zero attached hydrogens (tertiary/aromatic N) is 2. The number of piperazine rings is 2. The smallest absolute Gasteiger partial charge is 0.123 e. The van der Waals surface area contributed by atoms with Crippen molar-refractivity contribution >= 4 is 0 Å². The highest BCUT2D eigenvalue weighted by Crippen LogP contribution is 2.29. The summed E-state index contributed by atoms with van der Waals surface area (Å²) in [5, 5.41) is 26.9. The minimum Gasteiger partial charge on any atom is -0.507 e. The van der Waals surface area contributed by atoms with Gasteiger partial charge in [0, 0.05) is 82.6 Å². The van der Waals surface area contributed by atoms with Gasteiger partial charge in [0.2, 0.25) is 0 Å². The van der Waals surface area contributed by atoms with E-state index in [1.807, 2.05) is 6.07 Å². The highest BCUT2D eigenvalue weighted by atomic mass is 16.3. The van der Waals surface area contributed by atoms with E-state index in [1.165, 1.54) is 6.07 Å². The molecule has 0 saturated carbocycles. The molecule has 0 atom stereocenters. The Labute approximate surface area is 131 Å². The molecule has 2 saturated heterocycles. The van der Waals surface area contributed by atoms with Crippen molar-refractivity contribution in [2.45, 2.75) is 13.1 Å². The Kier molecular flexibility index (Phi) is 5.15. The maximum Gasteiger partial charge on any atom is 0.123 e. The third-order valence-electron chi connectivity index (χ3n) is 4.49. The van der Waals surface area contributed by atoms with E-state index in [-0.39, 0.29) is 11.5 Å². The average Bonchev–Trinajstić information content (AvgIpc) is 2.54. The lowest BCUT2D eigenvalue weighted by Gasteiger charge is -2.29. The molecule has 0 aromatic heterocycles. The zero-order chi connectivity index (χ0) is 15.4. The Bertz CT molecular complexity index is 456. The van der Waals surface area contributed by atoms with Crippen LogP contribution in [-0.4, -0.2) is 72.4 Å². The van der Waals surface area contributed by atoms with E-state index in [0.29, 0.717) is 0 Å². The molecule has 122 valence electrons. The van der Waals surface area contributed by atoms with E-state index >= 15 is 0 Å². The van der Waals surface area contributed by atoms with Crippen molar-refractivity contribution in [3.05, 3.63) is 23.3 Å². The summed E-state index contributed by atoms with van der Waals surface area (Å²) in [7, 11) is 0. The topological polar surface area (TPSA) is 71.0 Å². The number of benzene rings is 1. The molecule has 4 N–H and O–H groups in total. The number of phenols is 2. The first-order valence-corrected chi connectivity index (χ1v) is 8.12. The van der Waals surface area contributed by atoms with Crippen molar-refractivity contribution in [2.75, 3.05) is 52.4 Å². The Morgan fingerprint density at radius 2 is 1.14 bits per heavy atom. The van der Waals surface area contributed by atoms with Crippen LogP contribution in [0, 0.1) is 0 Å². The number of nitrogens with one attached hydrogen (secondary N) is 2. The van der Waals surface area contributed by atoms with Crippen LogP contribution in [0.25, 0.3) is 0 Å². The SMILES string of the molecule is Oc1cc(O)c(CN2CCNCC2)cc1CN1CCNCC1. The van der Waals surface area contributed by atoms with Crippen LogP contribution in [0.5, 0.6) is 11.5 Å². The van der Waals surface area contributed by atoms with Gasteiger partial charge in [-0.15, -0.1) is 0 Å². The minimum atomic E-state index is 0.195. The molecule has 2 heterocycles. The molecule has 2 aliphatic heterocycles. The molecular weight excluding hydrogens is 280 g/mol. The van der Waals surface area contributed by atoms with Gasteiger partial charge in [0.1, 0.15) is 11.5 Å². The molecule has 6 heteroatoms. The molecule has 0 aliphatic carbocycles. The third-order valence-corrected chi connectivity index (χ3v) is 4.49. The lowest BCUT2D eigenvalue weighted by molar-refractivity contribution is 0.226. The molecule has 0 spiro atoms. The Morgan fingerprint density at radius 3 is 1.55 bits per heavy atom. The lowest BCUT2D eigenvalue weighted by atomic mass is 10.1. The van der Waals surface area contributed by atoms with Gasteiger partial charge in [0.15, 0.2) is 0 Å². The molecule has 3 rings (SSSR count). The third kappa shape index (κ3) is 3.89. The summed E-state index contributed by atoms with van der Waals surface area (Å²) in [6.45, 7) is 9.42. The predicted molar refractivity (Wildman–Crippen MR) is 86.1 cm³/mol.